The van der Waals surface area contributed by atoms with Gasteiger partial charge in [-0.15, -0.1) is 0 Å². The Bertz CT molecular complexity index is 549. The van der Waals surface area contributed by atoms with Gasteiger partial charge >= 0.3 is 0 Å². The number of Topliss-reactive ketones (excluding diaryl/α,β-unsaturated/α-hetero) is 1. The summed E-state index contributed by atoms with van der Waals surface area (Å²) in [6.07, 6.45) is 0. The summed E-state index contributed by atoms with van der Waals surface area (Å²) in [4.78, 5) is 14.6. The van der Waals surface area contributed by atoms with Gasteiger partial charge in [0.25, 0.3) is 0 Å². The molecule has 0 aliphatic rings. The standard InChI is InChI=1S/C14H17NO/c1-8(2)11-5-6-13-12(7-11)9(3)14(15-13)10(4)16/h5-8,15H,1-4H3. The minimum absolute atomic E-state index is 0.0970. The lowest BCUT2D eigenvalue weighted by molar-refractivity contribution is 0.101. The van der Waals surface area contributed by atoms with Gasteiger partial charge in [0, 0.05) is 17.8 Å². The molecule has 0 unspecified atom stereocenters. The van der Waals surface area contributed by atoms with Gasteiger partial charge in [-0.1, -0.05) is 19.9 Å². The van der Waals surface area contributed by atoms with Crippen molar-refractivity contribution in [3.8, 4) is 0 Å². The Labute approximate surface area is 95.7 Å². The maximum atomic E-state index is 11.4. The predicted octanol–water partition coefficient (Wildman–Crippen LogP) is 3.80. The zero-order chi connectivity index (χ0) is 11.9. The summed E-state index contributed by atoms with van der Waals surface area (Å²) in [5, 5.41) is 1.16. The van der Waals surface area contributed by atoms with E-state index in [2.05, 4.69) is 37.0 Å². The van der Waals surface area contributed by atoms with Crippen molar-refractivity contribution in [1.82, 2.24) is 4.98 Å². The highest BCUT2D eigenvalue weighted by Crippen LogP contribution is 2.26. The van der Waals surface area contributed by atoms with E-state index in [1.165, 1.54) is 5.56 Å². The van der Waals surface area contributed by atoms with Crippen molar-refractivity contribution in [1.29, 1.82) is 0 Å². The molecule has 0 atom stereocenters. The number of H-pyrrole nitrogens is 1. The van der Waals surface area contributed by atoms with Crippen molar-refractivity contribution in [2.24, 2.45) is 0 Å². The van der Waals surface area contributed by atoms with E-state index in [1.807, 2.05) is 6.92 Å². The number of aryl methyl sites for hydroxylation is 1. The Hall–Kier alpha value is -1.57. The van der Waals surface area contributed by atoms with Crippen molar-refractivity contribution in [2.45, 2.75) is 33.6 Å². The summed E-state index contributed by atoms with van der Waals surface area (Å²) in [5.41, 5.74) is 4.15. The molecule has 0 aliphatic heterocycles. The van der Waals surface area contributed by atoms with E-state index in [0.717, 1.165) is 22.2 Å². The van der Waals surface area contributed by atoms with Crippen LogP contribution >= 0.6 is 0 Å². The lowest BCUT2D eigenvalue weighted by Crippen LogP contribution is -1.93. The SMILES string of the molecule is CC(=O)c1[nH]c2ccc(C(C)C)cc2c1C. The van der Waals surface area contributed by atoms with E-state index in [1.54, 1.807) is 6.92 Å². The molecule has 1 aromatic heterocycles. The molecule has 1 aromatic carbocycles. The molecule has 2 nitrogen and oxygen atoms in total. The van der Waals surface area contributed by atoms with Crippen LogP contribution in [-0.4, -0.2) is 10.8 Å². The van der Waals surface area contributed by atoms with Gasteiger partial charge in [-0.05, 0) is 36.1 Å². The zero-order valence-corrected chi connectivity index (χ0v) is 10.2. The number of rotatable bonds is 2. The monoisotopic (exact) mass is 215 g/mol. The van der Waals surface area contributed by atoms with Crippen LogP contribution in [-0.2, 0) is 0 Å². The number of hydrogen-bond acceptors (Lipinski definition) is 1. The molecule has 0 amide bonds. The molecule has 0 bridgehead atoms. The number of hydrogen-bond donors (Lipinski definition) is 1. The molecular formula is C14H17NO. The topological polar surface area (TPSA) is 32.9 Å². The van der Waals surface area contributed by atoms with Crippen molar-refractivity contribution < 1.29 is 4.79 Å². The third-order valence-electron chi connectivity index (χ3n) is 3.10. The number of fused-ring (bicyclic) bond motifs is 1. The summed E-state index contributed by atoms with van der Waals surface area (Å²) in [6, 6.07) is 6.36. The first-order chi connectivity index (χ1) is 7.50. The van der Waals surface area contributed by atoms with E-state index in [-0.39, 0.29) is 5.78 Å². The second kappa shape index (κ2) is 3.78. The highest BCUT2D eigenvalue weighted by Gasteiger charge is 2.11. The molecule has 84 valence electrons. The summed E-state index contributed by atoms with van der Waals surface area (Å²) >= 11 is 0. The highest BCUT2D eigenvalue weighted by atomic mass is 16.1. The molecule has 2 heteroatoms. The number of carbonyl (C=O) groups excluding carboxylic acids is 1. The second-order valence-corrected chi connectivity index (χ2v) is 4.64. The fraction of sp³-hybridized carbons (Fsp3) is 0.357. The average molecular weight is 215 g/mol. The van der Waals surface area contributed by atoms with Gasteiger partial charge in [0.15, 0.2) is 5.78 Å². The first kappa shape index (κ1) is 10.9. The molecular weight excluding hydrogens is 198 g/mol. The summed E-state index contributed by atoms with van der Waals surface area (Å²) in [5.74, 6) is 0.610. The maximum Gasteiger partial charge on any atom is 0.176 e. The zero-order valence-electron chi connectivity index (χ0n) is 10.2. The van der Waals surface area contributed by atoms with Gasteiger partial charge in [-0.3, -0.25) is 4.79 Å². The molecule has 1 N–H and O–H groups in total. The first-order valence-electron chi connectivity index (χ1n) is 5.64. The molecule has 2 aromatic rings. The third-order valence-corrected chi connectivity index (χ3v) is 3.10. The molecule has 16 heavy (non-hydrogen) atoms. The second-order valence-electron chi connectivity index (χ2n) is 4.64. The smallest absolute Gasteiger partial charge is 0.176 e. The lowest BCUT2D eigenvalue weighted by atomic mass is 10.0. The predicted molar refractivity (Wildman–Crippen MR) is 67.1 cm³/mol. The summed E-state index contributed by atoms with van der Waals surface area (Å²) < 4.78 is 0. The minimum Gasteiger partial charge on any atom is -0.352 e. The van der Waals surface area contributed by atoms with Crippen LogP contribution in [0.2, 0.25) is 0 Å². The molecule has 0 radical (unpaired) electrons. The number of nitrogens with one attached hydrogen (secondary N) is 1. The van der Waals surface area contributed by atoms with Crippen LogP contribution in [0.1, 0.15) is 48.3 Å². The first-order valence-corrected chi connectivity index (χ1v) is 5.64. The lowest BCUT2D eigenvalue weighted by Gasteiger charge is -2.04. The Morgan fingerprint density at radius 3 is 2.56 bits per heavy atom. The van der Waals surface area contributed by atoms with Crippen LogP contribution < -0.4 is 0 Å². The fourth-order valence-corrected chi connectivity index (χ4v) is 2.06. The Kier molecular flexibility index (Phi) is 2.58. The Morgan fingerprint density at radius 1 is 1.31 bits per heavy atom. The number of carbonyl (C=O) groups is 1. The van der Waals surface area contributed by atoms with Crippen molar-refractivity contribution in [3.63, 3.8) is 0 Å². The quantitative estimate of drug-likeness (QED) is 0.759. The maximum absolute atomic E-state index is 11.4. The van der Waals surface area contributed by atoms with Gasteiger partial charge in [0.05, 0.1) is 5.69 Å². The van der Waals surface area contributed by atoms with E-state index in [4.69, 9.17) is 0 Å². The molecule has 0 saturated heterocycles. The summed E-state index contributed by atoms with van der Waals surface area (Å²) in [7, 11) is 0. The van der Waals surface area contributed by atoms with Crippen LogP contribution in [0.4, 0.5) is 0 Å². The average Bonchev–Trinajstić information content (AvgIpc) is 2.56. The van der Waals surface area contributed by atoms with Crippen molar-refractivity contribution in [2.75, 3.05) is 0 Å². The van der Waals surface area contributed by atoms with Crippen LogP contribution in [0, 0.1) is 6.92 Å². The van der Waals surface area contributed by atoms with Gasteiger partial charge in [-0.25, -0.2) is 0 Å². The number of ketones is 1. The van der Waals surface area contributed by atoms with Gasteiger partial charge in [0.1, 0.15) is 0 Å². The van der Waals surface area contributed by atoms with E-state index in [9.17, 15) is 4.79 Å². The fourth-order valence-electron chi connectivity index (χ4n) is 2.06. The largest absolute Gasteiger partial charge is 0.352 e. The van der Waals surface area contributed by atoms with Crippen molar-refractivity contribution >= 4 is 16.7 Å². The third kappa shape index (κ3) is 1.64. The molecule has 1 heterocycles. The van der Waals surface area contributed by atoms with Crippen LogP contribution in [0.25, 0.3) is 10.9 Å². The number of aromatic amines is 1. The molecule has 0 saturated carbocycles. The van der Waals surface area contributed by atoms with E-state index in [0.29, 0.717) is 5.92 Å². The molecule has 0 fully saturated rings. The number of benzene rings is 1. The number of aromatic nitrogens is 1. The molecule has 2 rings (SSSR count). The summed E-state index contributed by atoms with van der Waals surface area (Å²) in [6.45, 7) is 7.95. The highest BCUT2D eigenvalue weighted by molar-refractivity contribution is 6.00. The van der Waals surface area contributed by atoms with E-state index < -0.39 is 0 Å². The molecule has 0 spiro atoms. The Morgan fingerprint density at radius 2 is 2.00 bits per heavy atom. The van der Waals surface area contributed by atoms with Gasteiger partial charge in [-0.2, -0.15) is 0 Å². The van der Waals surface area contributed by atoms with Gasteiger partial charge in [0.2, 0.25) is 0 Å². The molecule has 0 aliphatic carbocycles. The van der Waals surface area contributed by atoms with Gasteiger partial charge < -0.3 is 4.98 Å². The van der Waals surface area contributed by atoms with E-state index >= 15 is 0 Å². The van der Waals surface area contributed by atoms with Crippen molar-refractivity contribution in [3.05, 3.63) is 35.0 Å². The Balaban J connectivity index is 2.69. The minimum atomic E-state index is 0.0970. The van der Waals surface area contributed by atoms with Crippen LogP contribution in [0.3, 0.4) is 0 Å². The van der Waals surface area contributed by atoms with Crippen LogP contribution in [0.5, 0.6) is 0 Å². The van der Waals surface area contributed by atoms with Crippen LogP contribution in [0.15, 0.2) is 18.2 Å². The normalized spacial score (nSPS) is 11.3.